The van der Waals surface area contributed by atoms with Gasteiger partial charge in [0.25, 0.3) is 0 Å². The van der Waals surface area contributed by atoms with Crippen molar-refractivity contribution in [2.45, 2.75) is 32.6 Å². The van der Waals surface area contributed by atoms with Crippen LogP contribution in [-0.2, 0) is 12.8 Å². The van der Waals surface area contributed by atoms with Crippen LogP contribution in [0.15, 0.2) is 73.3 Å². The Hall–Kier alpha value is -2.34. The molecule has 0 aliphatic rings. The second-order valence-corrected chi connectivity index (χ2v) is 6.17. The van der Waals surface area contributed by atoms with Gasteiger partial charge in [-0.25, -0.2) is 0 Å². The zero-order chi connectivity index (χ0) is 16.1. The average molecular weight is 300 g/mol. The number of benzene rings is 3. The Bertz CT molecular complexity index is 794. The van der Waals surface area contributed by atoms with Crippen LogP contribution in [0.4, 0.5) is 0 Å². The first kappa shape index (κ1) is 15.6. The standard InChI is InChI=1S/C23H24/c1-3-5-7-18-8-11-20(12-9-18)22-15-14-21-16-19(6-4-2)10-13-23(21)17-22/h3,8-17H,1,4-7H2,2H3. The van der Waals surface area contributed by atoms with E-state index in [-0.39, 0.29) is 0 Å². The van der Waals surface area contributed by atoms with E-state index in [1.807, 2.05) is 6.08 Å². The maximum atomic E-state index is 3.79. The van der Waals surface area contributed by atoms with Crippen LogP contribution >= 0.6 is 0 Å². The van der Waals surface area contributed by atoms with Gasteiger partial charge in [0, 0.05) is 0 Å². The third kappa shape index (κ3) is 3.71. The van der Waals surface area contributed by atoms with Gasteiger partial charge in [0.1, 0.15) is 0 Å². The summed E-state index contributed by atoms with van der Waals surface area (Å²) in [4.78, 5) is 0. The van der Waals surface area contributed by atoms with Crippen LogP contribution in [0.2, 0.25) is 0 Å². The third-order valence-electron chi connectivity index (χ3n) is 4.37. The van der Waals surface area contributed by atoms with Crippen molar-refractivity contribution >= 4 is 10.8 Å². The summed E-state index contributed by atoms with van der Waals surface area (Å²) < 4.78 is 0. The van der Waals surface area contributed by atoms with Gasteiger partial charge < -0.3 is 0 Å². The van der Waals surface area contributed by atoms with Crippen LogP contribution in [0.1, 0.15) is 30.9 Å². The van der Waals surface area contributed by atoms with E-state index in [2.05, 4.69) is 74.2 Å². The number of aryl methyl sites for hydroxylation is 2. The fourth-order valence-corrected chi connectivity index (χ4v) is 3.05. The topological polar surface area (TPSA) is 0 Å². The first-order chi connectivity index (χ1) is 11.3. The minimum Gasteiger partial charge on any atom is -0.103 e. The lowest BCUT2D eigenvalue weighted by Crippen LogP contribution is -1.86. The Labute approximate surface area is 139 Å². The minimum atomic E-state index is 1.04. The SMILES string of the molecule is C=CCCc1ccc(-c2ccc3cc(CCC)ccc3c2)cc1. The number of rotatable bonds is 6. The first-order valence-electron chi connectivity index (χ1n) is 8.53. The molecule has 0 amide bonds. The second-order valence-electron chi connectivity index (χ2n) is 6.17. The molecule has 0 saturated heterocycles. The molecule has 0 aromatic heterocycles. The van der Waals surface area contributed by atoms with Crippen LogP contribution in [0.25, 0.3) is 21.9 Å². The summed E-state index contributed by atoms with van der Waals surface area (Å²) >= 11 is 0. The molecule has 0 aliphatic carbocycles. The summed E-state index contributed by atoms with van der Waals surface area (Å²) in [7, 11) is 0. The van der Waals surface area contributed by atoms with Crippen molar-refractivity contribution in [2.24, 2.45) is 0 Å². The molecular formula is C23H24. The van der Waals surface area contributed by atoms with Gasteiger partial charge in [-0.15, -0.1) is 6.58 Å². The predicted octanol–water partition coefficient (Wildman–Crippen LogP) is 6.58. The Morgan fingerprint density at radius 1 is 0.739 bits per heavy atom. The number of hydrogen-bond donors (Lipinski definition) is 0. The molecule has 0 atom stereocenters. The van der Waals surface area contributed by atoms with Crippen LogP contribution in [-0.4, -0.2) is 0 Å². The Morgan fingerprint density at radius 2 is 1.39 bits per heavy atom. The molecule has 116 valence electrons. The molecule has 3 rings (SSSR count). The summed E-state index contributed by atoms with van der Waals surface area (Å²) in [6.45, 7) is 6.02. The van der Waals surface area contributed by atoms with Gasteiger partial charge in [-0.1, -0.05) is 74.0 Å². The number of fused-ring (bicyclic) bond motifs is 1. The summed E-state index contributed by atoms with van der Waals surface area (Å²) in [5, 5.41) is 2.65. The molecule has 0 radical (unpaired) electrons. The molecule has 0 nitrogen and oxygen atoms in total. The van der Waals surface area contributed by atoms with E-state index in [1.165, 1.54) is 39.4 Å². The normalized spacial score (nSPS) is 10.8. The lowest BCUT2D eigenvalue weighted by atomic mass is 9.98. The maximum Gasteiger partial charge on any atom is -0.0178 e. The molecule has 0 aliphatic heterocycles. The van der Waals surface area contributed by atoms with Gasteiger partial charge in [0.2, 0.25) is 0 Å². The molecule has 0 spiro atoms. The fourth-order valence-electron chi connectivity index (χ4n) is 3.05. The van der Waals surface area contributed by atoms with E-state index in [4.69, 9.17) is 0 Å². The highest BCUT2D eigenvalue weighted by Crippen LogP contribution is 2.26. The monoisotopic (exact) mass is 300 g/mol. The van der Waals surface area contributed by atoms with Crippen molar-refractivity contribution in [3.05, 3.63) is 84.4 Å². The van der Waals surface area contributed by atoms with Crippen LogP contribution in [0, 0.1) is 0 Å². The van der Waals surface area contributed by atoms with Gasteiger partial charge >= 0.3 is 0 Å². The average Bonchev–Trinajstić information content (AvgIpc) is 2.60. The molecule has 0 bridgehead atoms. The minimum absolute atomic E-state index is 1.04. The van der Waals surface area contributed by atoms with E-state index in [1.54, 1.807) is 0 Å². The third-order valence-corrected chi connectivity index (χ3v) is 4.37. The Morgan fingerprint density at radius 3 is 2.13 bits per heavy atom. The molecule has 0 unspecified atom stereocenters. The lowest BCUT2D eigenvalue weighted by molar-refractivity contribution is 0.924. The maximum absolute atomic E-state index is 3.79. The smallest absolute Gasteiger partial charge is 0.0178 e. The Kier molecular flexibility index (Phi) is 4.92. The molecule has 0 saturated carbocycles. The fraction of sp³-hybridized carbons (Fsp3) is 0.217. The van der Waals surface area contributed by atoms with Crippen molar-refractivity contribution in [3.8, 4) is 11.1 Å². The molecule has 0 heteroatoms. The van der Waals surface area contributed by atoms with Crippen molar-refractivity contribution in [1.82, 2.24) is 0 Å². The molecule has 0 fully saturated rings. The molecule has 0 N–H and O–H groups in total. The van der Waals surface area contributed by atoms with Gasteiger partial charge in [0.05, 0.1) is 0 Å². The predicted molar refractivity (Wildman–Crippen MR) is 102 cm³/mol. The van der Waals surface area contributed by atoms with Crippen LogP contribution in [0.5, 0.6) is 0 Å². The summed E-state index contributed by atoms with van der Waals surface area (Å²) in [6.07, 6.45) is 6.44. The van der Waals surface area contributed by atoms with E-state index in [0.29, 0.717) is 0 Å². The first-order valence-corrected chi connectivity index (χ1v) is 8.53. The van der Waals surface area contributed by atoms with Crippen molar-refractivity contribution < 1.29 is 0 Å². The van der Waals surface area contributed by atoms with Gasteiger partial charge in [-0.3, -0.25) is 0 Å². The number of allylic oxidation sites excluding steroid dienone is 1. The number of hydrogen-bond acceptors (Lipinski definition) is 0. The zero-order valence-electron chi connectivity index (χ0n) is 13.9. The highest BCUT2D eigenvalue weighted by atomic mass is 14.1. The van der Waals surface area contributed by atoms with Gasteiger partial charge in [-0.2, -0.15) is 0 Å². The zero-order valence-corrected chi connectivity index (χ0v) is 13.9. The van der Waals surface area contributed by atoms with E-state index in [0.717, 1.165) is 19.3 Å². The summed E-state index contributed by atoms with van der Waals surface area (Å²) in [5.41, 5.74) is 5.38. The van der Waals surface area contributed by atoms with Crippen molar-refractivity contribution in [2.75, 3.05) is 0 Å². The van der Waals surface area contributed by atoms with E-state index >= 15 is 0 Å². The molecule has 0 heterocycles. The molecule has 3 aromatic rings. The highest BCUT2D eigenvalue weighted by molar-refractivity contribution is 5.87. The van der Waals surface area contributed by atoms with E-state index in [9.17, 15) is 0 Å². The second kappa shape index (κ2) is 7.28. The van der Waals surface area contributed by atoms with Crippen LogP contribution < -0.4 is 0 Å². The summed E-state index contributed by atoms with van der Waals surface area (Å²) in [5.74, 6) is 0. The van der Waals surface area contributed by atoms with Gasteiger partial charge in [0.15, 0.2) is 0 Å². The van der Waals surface area contributed by atoms with E-state index < -0.39 is 0 Å². The summed E-state index contributed by atoms with van der Waals surface area (Å²) in [6, 6.07) is 22.5. The lowest BCUT2D eigenvalue weighted by Gasteiger charge is -2.07. The molecular weight excluding hydrogens is 276 g/mol. The van der Waals surface area contributed by atoms with Crippen molar-refractivity contribution in [1.29, 1.82) is 0 Å². The highest BCUT2D eigenvalue weighted by Gasteiger charge is 2.02. The van der Waals surface area contributed by atoms with Crippen molar-refractivity contribution in [3.63, 3.8) is 0 Å². The quantitative estimate of drug-likeness (QED) is 0.451. The molecule has 23 heavy (non-hydrogen) atoms. The molecule has 3 aromatic carbocycles. The van der Waals surface area contributed by atoms with Gasteiger partial charge in [-0.05, 0) is 58.4 Å². The Balaban J connectivity index is 1.87. The van der Waals surface area contributed by atoms with Crippen LogP contribution in [0.3, 0.4) is 0 Å². The largest absolute Gasteiger partial charge is 0.103 e.